The van der Waals surface area contributed by atoms with E-state index in [1.807, 2.05) is 91.0 Å². The van der Waals surface area contributed by atoms with E-state index in [4.69, 9.17) is 13.7 Å². The van der Waals surface area contributed by atoms with Crippen molar-refractivity contribution < 1.29 is 26.9 Å². The van der Waals surface area contributed by atoms with Crippen LogP contribution in [0, 0.1) is 0 Å². The smallest absolute Gasteiger partial charge is 0.411 e. The zero-order valence-corrected chi connectivity index (χ0v) is 26.3. The van der Waals surface area contributed by atoms with Gasteiger partial charge in [0.05, 0.1) is 0 Å². The lowest BCUT2D eigenvalue weighted by molar-refractivity contribution is 0.0687. The van der Waals surface area contributed by atoms with Gasteiger partial charge in [0.2, 0.25) is 0 Å². The molecule has 3 aromatic rings. The lowest BCUT2D eigenvalue weighted by Crippen LogP contribution is -2.44. The molecule has 0 fully saturated rings. The van der Waals surface area contributed by atoms with Gasteiger partial charge in [0.25, 0.3) is 10.1 Å². The molecule has 0 saturated carbocycles. The van der Waals surface area contributed by atoms with Crippen molar-refractivity contribution in [2.24, 2.45) is 0 Å². The van der Waals surface area contributed by atoms with E-state index >= 15 is 0 Å². The molecule has 0 bridgehead atoms. The third kappa shape index (κ3) is 7.75. The van der Waals surface area contributed by atoms with Crippen molar-refractivity contribution in [3.8, 4) is 5.75 Å². The van der Waals surface area contributed by atoms with Crippen molar-refractivity contribution in [3.05, 3.63) is 125 Å². The van der Waals surface area contributed by atoms with Crippen LogP contribution < -0.4 is 4.74 Å². The second-order valence-corrected chi connectivity index (χ2v) is 13.8. The van der Waals surface area contributed by atoms with Gasteiger partial charge in [-0.15, -0.1) is 0 Å². The van der Waals surface area contributed by atoms with Crippen LogP contribution in [0.5, 0.6) is 5.75 Å². The van der Waals surface area contributed by atoms with Crippen LogP contribution in [0.1, 0.15) is 62.8 Å². The molecule has 1 amide bonds. The highest BCUT2D eigenvalue weighted by Gasteiger charge is 2.46. The van der Waals surface area contributed by atoms with E-state index in [-0.39, 0.29) is 18.6 Å². The third-order valence-electron chi connectivity index (χ3n) is 7.61. The van der Waals surface area contributed by atoms with Crippen LogP contribution in [0.15, 0.2) is 103 Å². The molecule has 1 aliphatic carbocycles. The number of carbonyl (C=O) groups is 1. The molecule has 0 radical (unpaired) electrons. The summed E-state index contributed by atoms with van der Waals surface area (Å²) >= 11 is 0. The molecule has 7 nitrogen and oxygen atoms in total. The largest absolute Gasteiger partial charge is 0.489 e. The van der Waals surface area contributed by atoms with Gasteiger partial charge < -0.3 is 9.47 Å². The average Bonchev–Trinajstić information content (AvgIpc) is 3.00. The third-order valence-corrected chi connectivity index (χ3v) is 9.50. The van der Waals surface area contributed by atoms with Crippen LogP contribution in [0.4, 0.5) is 4.79 Å². The van der Waals surface area contributed by atoms with Crippen LogP contribution in [0.3, 0.4) is 0 Å². The van der Waals surface area contributed by atoms with Crippen LogP contribution >= 0.6 is 0 Å². The van der Waals surface area contributed by atoms with Gasteiger partial charge in [0, 0.05) is 12.5 Å². The number of nitrogens with zero attached hydrogens (tertiary/aromatic N) is 1. The van der Waals surface area contributed by atoms with Gasteiger partial charge in [-0.25, -0.2) is 8.98 Å². The molecule has 8 heteroatoms. The Morgan fingerprint density at radius 3 is 2.14 bits per heavy atom. The second-order valence-electron chi connectivity index (χ2n) is 11.8. The number of benzene rings is 3. The van der Waals surface area contributed by atoms with Crippen LogP contribution in [0.25, 0.3) is 0 Å². The lowest BCUT2D eigenvalue weighted by atomic mass is 9.79. The molecule has 0 saturated heterocycles. The van der Waals surface area contributed by atoms with Crippen molar-refractivity contribution in [2.75, 3.05) is 13.3 Å². The first-order valence-electron chi connectivity index (χ1n) is 14.5. The highest BCUT2D eigenvalue weighted by molar-refractivity contribution is 7.88. The van der Waals surface area contributed by atoms with Gasteiger partial charge >= 0.3 is 6.09 Å². The maximum absolute atomic E-state index is 13.8. The molecule has 0 aliphatic heterocycles. The summed E-state index contributed by atoms with van der Waals surface area (Å²) in [4.78, 5) is 13.9. The summed E-state index contributed by atoms with van der Waals surface area (Å²) in [7, 11) is -4.21. The first kappa shape index (κ1) is 32.0. The lowest BCUT2D eigenvalue weighted by Gasteiger charge is -2.35. The highest BCUT2D eigenvalue weighted by atomic mass is 32.2. The quantitative estimate of drug-likeness (QED) is 0.167. The summed E-state index contributed by atoms with van der Waals surface area (Å²) in [6, 6.07) is 25.1. The van der Waals surface area contributed by atoms with Crippen LogP contribution in [-0.4, -0.2) is 37.4 Å². The zero-order chi connectivity index (χ0) is 31.1. The predicted molar refractivity (Wildman–Crippen MR) is 169 cm³/mol. The Kier molecular flexibility index (Phi) is 10.1. The Morgan fingerprint density at radius 1 is 0.907 bits per heavy atom. The number of ether oxygens (including phenoxy) is 2. The maximum Gasteiger partial charge on any atom is 0.411 e. The fourth-order valence-corrected chi connectivity index (χ4v) is 6.22. The Morgan fingerprint density at radius 2 is 1.53 bits per heavy atom. The fourth-order valence-electron chi connectivity index (χ4n) is 4.93. The van der Waals surface area contributed by atoms with E-state index < -0.39 is 33.6 Å². The summed E-state index contributed by atoms with van der Waals surface area (Å²) < 4.78 is 43.4. The van der Waals surface area contributed by atoms with E-state index in [2.05, 4.69) is 20.8 Å². The first-order chi connectivity index (χ1) is 20.4. The second kappa shape index (κ2) is 13.6. The standard InChI is InChI=1S/C35H41NO6S/c1-6-36(33(37)41-25-28-17-11-8-12-18-28)26-42-43(38,39)35(5)22-14-13-19-30(35)29-20-21-32(31(23-29)34(2,3)4)40-24-27-15-9-7-10-16-27/h7-23,30H,6,24-26H2,1-5H3. The molecule has 1 aliphatic rings. The van der Waals surface area contributed by atoms with E-state index in [1.54, 1.807) is 26.0 Å². The molecule has 43 heavy (non-hydrogen) atoms. The molecule has 3 aromatic carbocycles. The van der Waals surface area contributed by atoms with Gasteiger partial charge in [0.1, 0.15) is 30.4 Å². The molecule has 0 aromatic heterocycles. The van der Waals surface area contributed by atoms with E-state index in [1.165, 1.54) is 4.90 Å². The molecule has 0 heterocycles. The molecular weight excluding hydrogens is 562 g/mol. The summed E-state index contributed by atoms with van der Waals surface area (Å²) in [6.45, 7) is 9.98. The molecule has 4 rings (SSSR count). The van der Waals surface area contributed by atoms with Gasteiger partial charge in [-0.3, -0.25) is 4.90 Å². The van der Waals surface area contributed by atoms with Crippen molar-refractivity contribution in [1.29, 1.82) is 0 Å². The number of amides is 1. The fraction of sp³-hybridized carbons (Fsp3) is 0.343. The van der Waals surface area contributed by atoms with E-state index in [9.17, 15) is 13.2 Å². The Balaban J connectivity index is 1.53. The maximum atomic E-state index is 13.8. The average molecular weight is 604 g/mol. The molecular formula is C35H41NO6S. The minimum Gasteiger partial charge on any atom is -0.489 e. The van der Waals surface area contributed by atoms with E-state index in [0.717, 1.165) is 28.0 Å². The minimum absolute atomic E-state index is 0.0808. The number of allylic oxidation sites excluding steroid dienone is 3. The van der Waals surface area contributed by atoms with Crippen LogP contribution in [-0.2, 0) is 37.7 Å². The van der Waals surface area contributed by atoms with Crippen molar-refractivity contribution in [2.45, 2.75) is 63.9 Å². The Hall–Kier alpha value is -3.88. The Labute approximate surface area is 255 Å². The summed E-state index contributed by atoms with van der Waals surface area (Å²) in [5, 5.41) is 0. The minimum atomic E-state index is -4.21. The molecule has 2 atom stereocenters. The summed E-state index contributed by atoms with van der Waals surface area (Å²) in [5.41, 5.74) is 3.43. The van der Waals surface area contributed by atoms with Gasteiger partial charge in [-0.1, -0.05) is 118 Å². The summed E-state index contributed by atoms with van der Waals surface area (Å²) in [6.07, 6.45) is 6.43. The van der Waals surface area contributed by atoms with Crippen molar-refractivity contribution >= 4 is 16.2 Å². The van der Waals surface area contributed by atoms with Crippen molar-refractivity contribution in [1.82, 2.24) is 4.90 Å². The van der Waals surface area contributed by atoms with Crippen molar-refractivity contribution in [3.63, 3.8) is 0 Å². The molecule has 0 N–H and O–H groups in total. The van der Waals surface area contributed by atoms with Gasteiger partial charge in [-0.2, -0.15) is 8.42 Å². The molecule has 228 valence electrons. The number of carbonyl (C=O) groups excluding carboxylic acids is 1. The zero-order valence-electron chi connectivity index (χ0n) is 25.5. The SMILES string of the molecule is CCN(COS(=O)(=O)C1(C)C=CC=CC1c1ccc(OCc2ccccc2)c(C(C)(C)C)c1)C(=O)OCc1ccccc1. The Bertz CT molecular complexity index is 1540. The number of hydrogen-bond donors (Lipinski definition) is 0. The van der Waals surface area contributed by atoms with Gasteiger partial charge in [-0.05, 0) is 47.6 Å². The summed E-state index contributed by atoms with van der Waals surface area (Å²) in [5.74, 6) is 0.218. The van der Waals surface area contributed by atoms with Gasteiger partial charge in [0.15, 0.2) is 0 Å². The number of rotatable bonds is 11. The monoisotopic (exact) mass is 603 g/mol. The molecule has 2 unspecified atom stereocenters. The normalized spacial score (nSPS) is 18.3. The van der Waals surface area contributed by atoms with E-state index in [0.29, 0.717) is 6.61 Å². The predicted octanol–water partition coefficient (Wildman–Crippen LogP) is 7.49. The van der Waals surface area contributed by atoms with Crippen LogP contribution in [0.2, 0.25) is 0 Å². The topological polar surface area (TPSA) is 82.1 Å². The molecule has 0 spiro atoms. The highest BCUT2D eigenvalue weighted by Crippen LogP contribution is 2.43. The first-order valence-corrected chi connectivity index (χ1v) is 15.9. The number of hydrogen-bond acceptors (Lipinski definition) is 6.